The molecule has 2 aromatic carbocycles. The van der Waals surface area contributed by atoms with Crippen molar-refractivity contribution in [1.82, 2.24) is 9.78 Å². The van der Waals surface area contributed by atoms with E-state index in [9.17, 15) is 0 Å². The number of hydrogen-bond donors (Lipinski definition) is 0. The molecule has 0 fully saturated rings. The van der Waals surface area contributed by atoms with Gasteiger partial charge in [-0.25, -0.2) is 0 Å². The van der Waals surface area contributed by atoms with Gasteiger partial charge in [0.2, 0.25) is 0 Å². The van der Waals surface area contributed by atoms with Crippen LogP contribution in [0.2, 0.25) is 10.0 Å². The predicted octanol–water partition coefficient (Wildman–Crippen LogP) is 5.00. The third-order valence-electron chi connectivity index (χ3n) is 2.94. The molecule has 3 rings (SSSR count). The Morgan fingerprint density at radius 1 is 1.11 bits per heavy atom. The molecular formula is C14H9Cl2IN2. The SMILES string of the molecule is Clc1ccc(Cn2ncc3ccc(I)cc32)c(Cl)c1. The van der Waals surface area contributed by atoms with Crippen molar-refractivity contribution in [1.29, 1.82) is 0 Å². The molecule has 3 aromatic rings. The summed E-state index contributed by atoms with van der Waals surface area (Å²) in [5, 5.41) is 6.86. The topological polar surface area (TPSA) is 17.8 Å². The Morgan fingerprint density at radius 2 is 1.95 bits per heavy atom. The van der Waals surface area contributed by atoms with Crippen molar-refractivity contribution < 1.29 is 0 Å². The molecule has 0 amide bonds. The van der Waals surface area contributed by atoms with Gasteiger partial charge >= 0.3 is 0 Å². The highest BCUT2D eigenvalue weighted by molar-refractivity contribution is 14.1. The molecule has 0 aliphatic heterocycles. The summed E-state index contributed by atoms with van der Waals surface area (Å²) in [4.78, 5) is 0. The summed E-state index contributed by atoms with van der Waals surface area (Å²) in [7, 11) is 0. The molecule has 1 aromatic heterocycles. The van der Waals surface area contributed by atoms with Crippen LogP contribution in [0.5, 0.6) is 0 Å². The fraction of sp³-hybridized carbons (Fsp3) is 0.0714. The van der Waals surface area contributed by atoms with Crippen LogP contribution >= 0.6 is 45.8 Å². The van der Waals surface area contributed by atoms with Gasteiger partial charge in [0.1, 0.15) is 0 Å². The minimum atomic E-state index is 0.638. The van der Waals surface area contributed by atoms with Crippen molar-refractivity contribution in [3.63, 3.8) is 0 Å². The summed E-state index contributed by atoms with van der Waals surface area (Å²) in [5.41, 5.74) is 2.12. The molecular weight excluding hydrogens is 394 g/mol. The zero-order chi connectivity index (χ0) is 13.4. The fourth-order valence-corrected chi connectivity index (χ4v) is 2.92. The lowest BCUT2D eigenvalue weighted by Crippen LogP contribution is -2.02. The molecule has 0 bridgehead atoms. The van der Waals surface area contributed by atoms with Crippen molar-refractivity contribution in [2.75, 3.05) is 0 Å². The Kier molecular flexibility index (Phi) is 3.69. The Bertz CT molecular complexity index is 752. The van der Waals surface area contributed by atoms with Gasteiger partial charge in [0.25, 0.3) is 0 Å². The first-order chi connectivity index (χ1) is 9.13. The molecule has 2 nitrogen and oxygen atoms in total. The highest BCUT2D eigenvalue weighted by atomic mass is 127. The van der Waals surface area contributed by atoms with Crippen molar-refractivity contribution >= 4 is 56.7 Å². The third kappa shape index (κ3) is 2.73. The van der Waals surface area contributed by atoms with Gasteiger partial charge in [-0.05, 0) is 52.4 Å². The van der Waals surface area contributed by atoms with Gasteiger partial charge in [0.05, 0.1) is 18.3 Å². The number of fused-ring (bicyclic) bond motifs is 1. The second-order valence-electron chi connectivity index (χ2n) is 4.24. The van der Waals surface area contributed by atoms with E-state index < -0.39 is 0 Å². The Hall–Kier alpha value is -0.780. The van der Waals surface area contributed by atoms with Crippen LogP contribution in [0.15, 0.2) is 42.6 Å². The maximum Gasteiger partial charge on any atom is 0.0696 e. The van der Waals surface area contributed by atoms with Crippen LogP contribution < -0.4 is 0 Å². The molecule has 0 aliphatic carbocycles. The number of aromatic nitrogens is 2. The van der Waals surface area contributed by atoms with E-state index >= 15 is 0 Å². The van der Waals surface area contributed by atoms with Gasteiger partial charge in [0.15, 0.2) is 0 Å². The summed E-state index contributed by atoms with van der Waals surface area (Å²) in [6.07, 6.45) is 1.87. The molecule has 0 spiro atoms. The smallest absolute Gasteiger partial charge is 0.0696 e. The van der Waals surface area contributed by atoms with E-state index in [0.29, 0.717) is 16.6 Å². The van der Waals surface area contributed by atoms with E-state index in [4.69, 9.17) is 23.2 Å². The standard InChI is InChI=1S/C14H9Cl2IN2/c15-11-3-1-10(13(16)5-11)8-19-14-6-12(17)4-2-9(14)7-18-19/h1-7H,8H2. The molecule has 0 saturated carbocycles. The summed E-state index contributed by atoms with van der Waals surface area (Å²) in [5.74, 6) is 0. The van der Waals surface area contributed by atoms with E-state index in [1.54, 1.807) is 6.07 Å². The second-order valence-corrected chi connectivity index (χ2v) is 6.33. The highest BCUT2D eigenvalue weighted by Crippen LogP contribution is 2.23. The van der Waals surface area contributed by atoms with Crippen LogP contribution in [-0.4, -0.2) is 9.78 Å². The van der Waals surface area contributed by atoms with Crippen LogP contribution in [0.4, 0.5) is 0 Å². The van der Waals surface area contributed by atoms with Crippen molar-refractivity contribution in [2.45, 2.75) is 6.54 Å². The van der Waals surface area contributed by atoms with Crippen LogP contribution in [0.3, 0.4) is 0 Å². The average Bonchev–Trinajstić information content (AvgIpc) is 2.75. The van der Waals surface area contributed by atoms with Crippen molar-refractivity contribution in [3.8, 4) is 0 Å². The minimum Gasteiger partial charge on any atom is -0.260 e. The van der Waals surface area contributed by atoms with E-state index in [0.717, 1.165) is 16.5 Å². The molecule has 0 aliphatic rings. The Balaban J connectivity index is 2.03. The Morgan fingerprint density at radius 3 is 2.74 bits per heavy atom. The van der Waals surface area contributed by atoms with Crippen LogP contribution in [0, 0.1) is 3.57 Å². The maximum absolute atomic E-state index is 6.20. The lowest BCUT2D eigenvalue weighted by atomic mass is 10.2. The molecule has 0 N–H and O–H groups in total. The van der Waals surface area contributed by atoms with E-state index in [2.05, 4.69) is 45.9 Å². The third-order valence-corrected chi connectivity index (χ3v) is 4.20. The molecule has 0 radical (unpaired) electrons. The average molecular weight is 403 g/mol. The summed E-state index contributed by atoms with van der Waals surface area (Å²) >= 11 is 14.4. The number of halogens is 3. The van der Waals surface area contributed by atoms with Gasteiger partial charge in [-0.2, -0.15) is 5.10 Å². The number of hydrogen-bond acceptors (Lipinski definition) is 1. The molecule has 96 valence electrons. The van der Waals surface area contributed by atoms with E-state index in [1.807, 2.05) is 23.0 Å². The highest BCUT2D eigenvalue weighted by Gasteiger charge is 2.07. The molecule has 0 unspecified atom stereocenters. The first-order valence-electron chi connectivity index (χ1n) is 5.68. The number of benzene rings is 2. The first-order valence-corrected chi connectivity index (χ1v) is 7.52. The monoisotopic (exact) mass is 402 g/mol. The number of nitrogens with zero attached hydrogens (tertiary/aromatic N) is 2. The van der Waals surface area contributed by atoms with Crippen molar-refractivity contribution in [2.24, 2.45) is 0 Å². The lowest BCUT2D eigenvalue weighted by molar-refractivity contribution is 0.712. The van der Waals surface area contributed by atoms with Crippen LogP contribution in [0.1, 0.15) is 5.56 Å². The molecule has 0 atom stereocenters. The van der Waals surface area contributed by atoms with Gasteiger partial charge in [-0.3, -0.25) is 4.68 Å². The summed E-state index contributed by atoms with van der Waals surface area (Å²) in [6.45, 7) is 0.638. The van der Waals surface area contributed by atoms with E-state index in [1.165, 1.54) is 3.57 Å². The first kappa shape index (κ1) is 13.2. The Labute approximate surface area is 134 Å². The molecule has 1 heterocycles. The fourth-order valence-electron chi connectivity index (χ4n) is 1.98. The van der Waals surface area contributed by atoms with Crippen LogP contribution in [-0.2, 0) is 6.54 Å². The molecule has 5 heteroatoms. The summed E-state index contributed by atoms with van der Waals surface area (Å²) < 4.78 is 3.14. The van der Waals surface area contributed by atoms with Crippen molar-refractivity contribution in [3.05, 3.63) is 61.8 Å². The molecule has 19 heavy (non-hydrogen) atoms. The second kappa shape index (κ2) is 5.31. The van der Waals surface area contributed by atoms with Crippen LogP contribution in [0.25, 0.3) is 10.9 Å². The zero-order valence-corrected chi connectivity index (χ0v) is 13.4. The van der Waals surface area contributed by atoms with Gasteiger partial charge < -0.3 is 0 Å². The van der Waals surface area contributed by atoms with E-state index in [-0.39, 0.29) is 0 Å². The zero-order valence-electron chi connectivity index (χ0n) is 9.78. The lowest BCUT2D eigenvalue weighted by Gasteiger charge is -2.06. The maximum atomic E-state index is 6.20. The van der Waals surface area contributed by atoms with Gasteiger partial charge in [0, 0.05) is 19.0 Å². The normalized spacial score (nSPS) is 11.1. The number of rotatable bonds is 2. The molecule has 0 saturated heterocycles. The summed E-state index contributed by atoms with van der Waals surface area (Å²) in [6, 6.07) is 11.8. The predicted molar refractivity (Wildman–Crippen MR) is 88.0 cm³/mol. The largest absolute Gasteiger partial charge is 0.260 e. The quantitative estimate of drug-likeness (QED) is 0.551. The van der Waals surface area contributed by atoms with Gasteiger partial charge in [-0.15, -0.1) is 0 Å². The van der Waals surface area contributed by atoms with Gasteiger partial charge in [-0.1, -0.05) is 35.3 Å². The minimum absolute atomic E-state index is 0.638.